The van der Waals surface area contributed by atoms with Crippen molar-refractivity contribution in [2.75, 3.05) is 26.4 Å². The largest absolute Gasteiger partial charge is 0.501 e. The Hall–Kier alpha value is -1.07. The van der Waals surface area contributed by atoms with Gasteiger partial charge in [-0.15, -0.1) is 0 Å². The maximum atomic E-state index is 11.5. The van der Waals surface area contributed by atoms with E-state index in [1.807, 2.05) is 13.8 Å². The van der Waals surface area contributed by atoms with Crippen molar-refractivity contribution in [3.05, 3.63) is 11.8 Å². The summed E-state index contributed by atoms with van der Waals surface area (Å²) in [4.78, 5) is 11.5. The molecule has 0 spiro atoms. The Morgan fingerprint density at radius 3 is 2.29 bits per heavy atom. The molecule has 0 aromatic carbocycles. The van der Waals surface area contributed by atoms with Crippen LogP contribution in [0.25, 0.3) is 0 Å². The first kappa shape index (κ1) is 15.9. The summed E-state index contributed by atoms with van der Waals surface area (Å²) in [6.07, 6.45) is 1.87. The summed E-state index contributed by atoms with van der Waals surface area (Å²) in [5, 5.41) is 18.4. The van der Waals surface area contributed by atoms with Crippen molar-refractivity contribution in [1.29, 1.82) is 0 Å². The summed E-state index contributed by atoms with van der Waals surface area (Å²) in [5.41, 5.74) is -0.408. The fourth-order valence-corrected chi connectivity index (χ4v) is 1.06. The molecule has 0 bridgehead atoms. The second kappa shape index (κ2) is 8.08. The first-order chi connectivity index (χ1) is 8.05. The minimum atomic E-state index is -0.762. The lowest BCUT2D eigenvalue weighted by Crippen LogP contribution is -2.35. The predicted molar refractivity (Wildman–Crippen MR) is 63.2 cm³/mol. The number of carbonyl (C=O) groups is 1. The van der Waals surface area contributed by atoms with Gasteiger partial charge in [0.15, 0.2) is 0 Å². The lowest BCUT2D eigenvalue weighted by atomic mass is 9.88. The third-order valence-electron chi connectivity index (χ3n) is 2.68. The predicted octanol–water partition coefficient (Wildman–Crippen LogP) is 0.851. The van der Waals surface area contributed by atoms with Gasteiger partial charge in [0.2, 0.25) is 0 Å². The minimum Gasteiger partial charge on any atom is -0.501 e. The molecule has 0 atom stereocenters. The maximum Gasteiger partial charge on any atom is 0.336 e. The van der Waals surface area contributed by atoms with Crippen LogP contribution >= 0.6 is 0 Å². The maximum absolute atomic E-state index is 11.5. The van der Waals surface area contributed by atoms with E-state index in [1.165, 1.54) is 6.26 Å². The molecule has 0 fully saturated rings. The second-order valence-corrected chi connectivity index (χ2v) is 4.00. The zero-order valence-electron chi connectivity index (χ0n) is 10.7. The fraction of sp³-hybridized carbons (Fsp3) is 0.750. The van der Waals surface area contributed by atoms with Gasteiger partial charge >= 0.3 is 5.97 Å². The molecule has 5 heteroatoms. The van der Waals surface area contributed by atoms with Crippen LogP contribution in [0.5, 0.6) is 0 Å². The molecule has 0 rings (SSSR count). The molecule has 0 amide bonds. The van der Waals surface area contributed by atoms with Crippen molar-refractivity contribution in [2.45, 2.75) is 27.2 Å². The van der Waals surface area contributed by atoms with Gasteiger partial charge in [0.05, 0.1) is 37.1 Å². The van der Waals surface area contributed by atoms with Crippen LogP contribution < -0.4 is 0 Å². The first-order valence-electron chi connectivity index (χ1n) is 5.72. The summed E-state index contributed by atoms with van der Waals surface area (Å²) in [6, 6.07) is 0. The van der Waals surface area contributed by atoms with Crippen molar-refractivity contribution in [3.8, 4) is 0 Å². The zero-order valence-corrected chi connectivity index (χ0v) is 10.7. The van der Waals surface area contributed by atoms with Crippen LogP contribution in [-0.2, 0) is 14.3 Å². The average molecular weight is 246 g/mol. The summed E-state index contributed by atoms with van der Waals surface area (Å²) in [6.45, 7) is 5.26. The highest BCUT2D eigenvalue weighted by Crippen LogP contribution is 2.21. The molecule has 0 aromatic rings. The van der Waals surface area contributed by atoms with E-state index in [-0.39, 0.29) is 19.8 Å². The van der Waals surface area contributed by atoms with Crippen LogP contribution in [0.3, 0.4) is 0 Å². The van der Waals surface area contributed by atoms with Crippen molar-refractivity contribution >= 4 is 5.97 Å². The average Bonchev–Trinajstić information content (AvgIpc) is 2.37. The Morgan fingerprint density at radius 1 is 1.29 bits per heavy atom. The van der Waals surface area contributed by atoms with E-state index < -0.39 is 11.4 Å². The Kier molecular flexibility index (Phi) is 7.58. The van der Waals surface area contributed by atoms with Gasteiger partial charge in [-0.3, -0.25) is 0 Å². The molecule has 0 aromatic heterocycles. The molecule has 17 heavy (non-hydrogen) atoms. The van der Waals surface area contributed by atoms with Gasteiger partial charge in [-0.05, 0) is 20.3 Å². The SMILES string of the molecule is CCO/C=C(\C)C(=O)OCC(CC)(CO)CO. The highest BCUT2D eigenvalue weighted by atomic mass is 16.5. The number of carbonyl (C=O) groups excluding carboxylic acids is 1. The molecule has 0 unspecified atom stereocenters. The molecule has 0 radical (unpaired) electrons. The fourth-order valence-electron chi connectivity index (χ4n) is 1.06. The number of rotatable bonds is 8. The van der Waals surface area contributed by atoms with Gasteiger partial charge in [-0.25, -0.2) is 4.79 Å². The topological polar surface area (TPSA) is 76.0 Å². The molecular weight excluding hydrogens is 224 g/mol. The molecule has 2 N–H and O–H groups in total. The van der Waals surface area contributed by atoms with Crippen LogP contribution in [0.4, 0.5) is 0 Å². The highest BCUT2D eigenvalue weighted by molar-refractivity contribution is 5.87. The second-order valence-electron chi connectivity index (χ2n) is 4.00. The summed E-state index contributed by atoms with van der Waals surface area (Å²) in [5.74, 6) is -0.502. The molecule has 0 heterocycles. The van der Waals surface area contributed by atoms with E-state index in [0.29, 0.717) is 18.6 Å². The molecule has 0 saturated heterocycles. The van der Waals surface area contributed by atoms with Gasteiger partial charge in [0.1, 0.15) is 6.61 Å². The molecule has 5 nitrogen and oxygen atoms in total. The van der Waals surface area contributed by atoms with E-state index in [9.17, 15) is 15.0 Å². The third kappa shape index (κ3) is 5.19. The van der Waals surface area contributed by atoms with E-state index in [4.69, 9.17) is 9.47 Å². The molecule has 0 aliphatic carbocycles. The summed E-state index contributed by atoms with van der Waals surface area (Å²) in [7, 11) is 0. The van der Waals surface area contributed by atoms with Gasteiger partial charge < -0.3 is 19.7 Å². The first-order valence-corrected chi connectivity index (χ1v) is 5.72. The van der Waals surface area contributed by atoms with Crippen molar-refractivity contribution in [3.63, 3.8) is 0 Å². The summed E-state index contributed by atoms with van der Waals surface area (Å²) < 4.78 is 10.00. The monoisotopic (exact) mass is 246 g/mol. The number of aliphatic hydroxyl groups excluding tert-OH is 2. The molecule has 0 aliphatic rings. The number of aliphatic hydroxyl groups is 2. The van der Waals surface area contributed by atoms with Crippen LogP contribution in [-0.4, -0.2) is 42.6 Å². The highest BCUT2D eigenvalue weighted by Gasteiger charge is 2.28. The Balaban J connectivity index is 4.31. The van der Waals surface area contributed by atoms with Crippen LogP contribution in [0.15, 0.2) is 11.8 Å². The van der Waals surface area contributed by atoms with Crippen molar-refractivity contribution < 1.29 is 24.5 Å². The molecule has 100 valence electrons. The zero-order chi connectivity index (χ0) is 13.3. The van der Waals surface area contributed by atoms with Gasteiger partial charge in [-0.1, -0.05) is 6.92 Å². The molecule has 0 aliphatic heterocycles. The smallest absolute Gasteiger partial charge is 0.336 e. The molecule has 0 saturated carbocycles. The minimum absolute atomic E-state index is 0.00730. The quantitative estimate of drug-likeness (QED) is 0.377. The number of hydrogen-bond acceptors (Lipinski definition) is 5. The Bertz CT molecular complexity index is 247. The lowest BCUT2D eigenvalue weighted by molar-refractivity contribution is -0.145. The van der Waals surface area contributed by atoms with E-state index in [0.717, 1.165) is 0 Å². The van der Waals surface area contributed by atoms with Gasteiger partial charge in [0.25, 0.3) is 0 Å². The Morgan fingerprint density at radius 2 is 1.88 bits per heavy atom. The number of hydrogen-bond donors (Lipinski definition) is 2. The van der Waals surface area contributed by atoms with E-state index >= 15 is 0 Å². The standard InChI is InChI=1S/C12H22O5/c1-4-12(7-13,8-14)9-17-11(15)10(3)6-16-5-2/h6,13-14H,4-5,7-9H2,1-3H3/b10-6+. The van der Waals surface area contributed by atoms with Crippen molar-refractivity contribution in [1.82, 2.24) is 0 Å². The third-order valence-corrected chi connectivity index (χ3v) is 2.68. The van der Waals surface area contributed by atoms with E-state index in [2.05, 4.69) is 0 Å². The van der Waals surface area contributed by atoms with Crippen molar-refractivity contribution in [2.24, 2.45) is 5.41 Å². The normalized spacial score (nSPS) is 12.4. The lowest BCUT2D eigenvalue weighted by Gasteiger charge is -2.27. The number of esters is 1. The van der Waals surface area contributed by atoms with Gasteiger partial charge in [-0.2, -0.15) is 0 Å². The Labute approximate surface area is 102 Å². The van der Waals surface area contributed by atoms with Crippen LogP contribution in [0, 0.1) is 5.41 Å². The summed E-state index contributed by atoms with van der Waals surface area (Å²) >= 11 is 0. The van der Waals surface area contributed by atoms with Gasteiger partial charge in [0, 0.05) is 0 Å². The van der Waals surface area contributed by atoms with Crippen LogP contribution in [0.1, 0.15) is 27.2 Å². The number of ether oxygens (including phenoxy) is 2. The molecular formula is C12H22O5. The van der Waals surface area contributed by atoms with E-state index in [1.54, 1.807) is 6.92 Å². The van der Waals surface area contributed by atoms with Crippen LogP contribution in [0.2, 0.25) is 0 Å².